The van der Waals surface area contributed by atoms with E-state index in [4.69, 9.17) is 21.1 Å². The van der Waals surface area contributed by atoms with Crippen molar-refractivity contribution >= 4 is 23.4 Å². The Labute approximate surface area is 151 Å². The van der Waals surface area contributed by atoms with Crippen LogP contribution in [0.1, 0.15) is 5.56 Å². The number of non-ortho nitro benzene ring substituents is 1. The fourth-order valence-electron chi connectivity index (χ4n) is 2.06. The molecule has 0 aliphatic heterocycles. The van der Waals surface area contributed by atoms with Crippen LogP contribution in [0.4, 0.5) is 10.5 Å². The van der Waals surface area contributed by atoms with Gasteiger partial charge in [-0.3, -0.25) is 10.1 Å². The van der Waals surface area contributed by atoms with Gasteiger partial charge in [-0.05, 0) is 40.8 Å². The number of benzene rings is 2. The van der Waals surface area contributed by atoms with Gasteiger partial charge in [0.25, 0.3) is 5.69 Å². The molecule has 11 heteroatoms. The summed E-state index contributed by atoms with van der Waals surface area (Å²) in [5.74, 6) is 0.118. The molecule has 10 nitrogen and oxygen atoms in total. The van der Waals surface area contributed by atoms with Gasteiger partial charge < -0.3 is 9.47 Å². The molecule has 1 heterocycles. The number of carbonyl (C=O) groups is 1. The predicted molar refractivity (Wildman–Crippen MR) is 88.1 cm³/mol. The van der Waals surface area contributed by atoms with Gasteiger partial charge in [0.15, 0.2) is 0 Å². The number of tetrazole rings is 1. The lowest BCUT2D eigenvalue weighted by Crippen LogP contribution is -2.12. The quantitative estimate of drug-likeness (QED) is 0.288. The van der Waals surface area contributed by atoms with E-state index in [1.807, 2.05) is 0 Å². The number of hydrogen-bond acceptors (Lipinski definition) is 8. The van der Waals surface area contributed by atoms with Gasteiger partial charge in [-0.15, -0.1) is 5.10 Å². The topological polar surface area (TPSA) is 122 Å². The summed E-state index contributed by atoms with van der Waals surface area (Å²) >= 11 is 5.98. The Hall–Kier alpha value is -3.53. The minimum absolute atomic E-state index is 0.115. The fraction of sp³-hybridized carbons (Fsp3) is 0.0667. The molecule has 0 atom stereocenters. The lowest BCUT2D eigenvalue weighted by atomic mass is 10.2. The third-order valence-electron chi connectivity index (χ3n) is 3.23. The van der Waals surface area contributed by atoms with Crippen molar-refractivity contribution in [1.82, 2.24) is 20.2 Å². The fourth-order valence-corrected chi connectivity index (χ4v) is 2.26. The van der Waals surface area contributed by atoms with E-state index in [2.05, 4.69) is 15.5 Å². The zero-order valence-electron chi connectivity index (χ0n) is 13.0. The molecule has 0 unspecified atom stereocenters. The van der Waals surface area contributed by atoms with E-state index in [9.17, 15) is 14.9 Å². The highest BCUT2D eigenvalue weighted by atomic mass is 35.5. The van der Waals surface area contributed by atoms with E-state index >= 15 is 0 Å². The first-order chi connectivity index (χ1) is 12.5. The number of nitrogens with zero attached hydrogens (tertiary/aromatic N) is 5. The lowest BCUT2D eigenvalue weighted by Gasteiger charge is -2.10. The summed E-state index contributed by atoms with van der Waals surface area (Å²) < 4.78 is 11.4. The average molecular weight is 376 g/mol. The molecular weight excluding hydrogens is 366 g/mol. The minimum atomic E-state index is -0.971. The average Bonchev–Trinajstić information content (AvgIpc) is 3.15. The van der Waals surface area contributed by atoms with E-state index in [1.54, 1.807) is 18.2 Å². The van der Waals surface area contributed by atoms with Crippen LogP contribution in [0.5, 0.6) is 5.75 Å². The van der Waals surface area contributed by atoms with Crippen molar-refractivity contribution < 1.29 is 19.2 Å². The van der Waals surface area contributed by atoms with Crippen LogP contribution >= 0.6 is 11.6 Å². The van der Waals surface area contributed by atoms with Crippen molar-refractivity contribution in [2.24, 2.45) is 0 Å². The number of ether oxygens (including phenoxy) is 2. The molecule has 0 saturated heterocycles. The van der Waals surface area contributed by atoms with E-state index in [0.29, 0.717) is 16.3 Å². The van der Waals surface area contributed by atoms with Crippen molar-refractivity contribution in [2.45, 2.75) is 6.61 Å². The van der Waals surface area contributed by atoms with Gasteiger partial charge in [0, 0.05) is 22.7 Å². The van der Waals surface area contributed by atoms with E-state index < -0.39 is 11.1 Å². The number of aromatic nitrogens is 4. The first-order valence-electron chi connectivity index (χ1n) is 7.14. The predicted octanol–water partition coefficient (Wildman–Crippen LogP) is 2.94. The normalized spacial score (nSPS) is 10.3. The maximum Gasteiger partial charge on any atom is 0.514 e. The van der Waals surface area contributed by atoms with E-state index in [0.717, 1.165) is 0 Å². The molecule has 132 valence electrons. The van der Waals surface area contributed by atoms with E-state index in [-0.39, 0.29) is 18.0 Å². The Balaban J connectivity index is 1.66. The first-order valence-corrected chi connectivity index (χ1v) is 7.51. The van der Waals surface area contributed by atoms with Gasteiger partial charge in [0.1, 0.15) is 18.7 Å². The van der Waals surface area contributed by atoms with Crippen molar-refractivity contribution in [2.75, 3.05) is 0 Å². The molecular formula is C15H10ClN5O5. The van der Waals surface area contributed by atoms with Crippen LogP contribution in [0.25, 0.3) is 5.69 Å². The van der Waals surface area contributed by atoms with Gasteiger partial charge in [-0.2, -0.15) is 0 Å². The first kappa shape index (κ1) is 17.3. The summed E-state index contributed by atoms with van der Waals surface area (Å²) in [7, 11) is 0. The van der Waals surface area contributed by atoms with Crippen LogP contribution in [0, 0.1) is 10.1 Å². The monoisotopic (exact) mass is 375 g/mol. The van der Waals surface area contributed by atoms with Crippen LogP contribution in [0.3, 0.4) is 0 Å². The molecule has 1 aromatic heterocycles. The van der Waals surface area contributed by atoms with Crippen LogP contribution in [0.15, 0.2) is 48.8 Å². The second-order valence-corrected chi connectivity index (χ2v) is 5.36. The highest BCUT2D eigenvalue weighted by Crippen LogP contribution is 2.21. The van der Waals surface area contributed by atoms with E-state index in [1.165, 1.54) is 35.3 Å². The summed E-state index contributed by atoms with van der Waals surface area (Å²) in [6, 6.07) is 9.97. The molecule has 3 aromatic rings. The van der Waals surface area contributed by atoms with Crippen LogP contribution < -0.4 is 4.74 Å². The molecule has 0 saturated carbocycles. The summed E-state index contributed by atoms with van der Waals surface area (Å²) in [6.45, 7) is -0.137. The van der Waals surface area contributed by atoms with Crippen LogP contribution in [0.2, 0.25) is 5.02 Å². The summed E-state index contributed by atoms with van der Waals surface area (Å²) in [4.78, 5) is 21.9. The SMILES string of the molecule is O=C(OCc1cc(Cl)ccc1-n1cnnn1)Oc1ccc([N+](=O)[O-])cc1. The smallest absolute Gasteiger partial charge is 0.429 e. The highest BCUT2D eigenvalue weighted by Gasteiger charge is 2.12. The van der Waals surface area contributed by atoms with Crippen molar-refractivity contribution in [3.63, 3.8) is 0 Å². The van der Waals surface area contributed by atoms with Gasteiger partial charge in [0.05, 0.1) is 10.6 Å². The number of carbonyl (C=O) groups excluding carboxylic acids is 1. The summed E-state index contributed by atoms with van der Waals surface area (Å²) in [5, 5.41) is 21.9. The lowest BCUT2D eigenvalue weighted by molar-refractivity contribution is -0.384. The zero-order valence-corrected chi connectivity index (χ0v) is 13.7. The Morgan fingerprint density at radius 1 is 1.23 bits per heavy atom. The van der Waals surface area contributed by atoms with Gasteiger partial charge >= 0.3 is 6.16 Å². The third-order valence-corrected chi connectivity index (χ3v) is 3.47. The minimum Gasteiger partial charge on any atom is -0.429 e. The molecule has 0 bridgehead atoms. The van der Waals surface area contributed by atoms with Gasteiger partial charge in [-0.1, -0.05) is 11.6 Å². The second kappa shape index (κ2) is 7.57. The molecule has 3 rings (SSSR count). The molecule has 2 aromatic carbocycles. The highest BCUT2D eigenvalue weighted by molar-refractivity contribution is 6.30. The zero-order chi connectivity index (χ0) is 18.5. The molecule has 0 aliphatic rings. The summed E-state index contributed by atoms with van der Waals surface area (Å²) in [5.41, 5.74) is 1.03. The molecule has 0 spiro atoms. The third kappa shape index (κ3) is 4.11. The molecule has 0 N–H and O–H groups in total. The van der Waals surface area contributed by atoms with Crippen LogP contribution in [-0.4, -0.2) is 31.3 Å². The Kier molecular flexibility index (Phi) is 5.04. The Morgan fingerprint density at radius 3 is 2.65 bits per heavy atom. The molecule has 0 amide bonds. The maximum absolute atomic E-state index is 11.8. The molecule has 0 fully saturated rings. The van der Waals surface area contributed by atoms with Crippen molar-refractivity contribution in [1.29, 1.82) is 0 Å². The molecule has 0 radical (unpaired) electrons. The number of rotatable bonds is 5. The Morgan fingerprint density at radius 2 is 2.00 bits per heavy atom. The number of nitro groups is 1. The molecule has 26 heavy (non-hydrogen) atoms. The number of halogens is 1. The largest absolute Gasteiger partial charge is 0.514 e. The number of nitro benzene ring substituents is 1. The number of hydrogen-bond donors (Lipinski definition) is 0. The Bertz CT molecular complexity index is 930. The second-order valence-electron chi connectivity index (χ2n) is 4.92. The van der Waals surface area contributed by atoms with Gasteiger partial charge in [-0.25, -0.2) is 9.48 Å². The maximum atomic E-state index is 11.8. The van der Waals surface area contributed by atoms with Gasteiger partial charge in [0.2, 0.25) is 0 Å². The summed E-state index contributed by atoms with van der Waals surface area (Å²) in [6.07, 6.45) is 0.420. The standard InChI is InChI=1S/C15H10ClN5O5/c16-11-1-6-14(20-9-17-18-19-20)10(7-11)8-25-15(22)26-13-4-2-12(3-5-13)21(23)24/h1-7,9H,8H2. The molecule has 0 aliphatic carbocycles. The van der Waals surface area contributed by atoms with Crippen LogP contribution in [-0.2, 0) is 11.3 Å². The van der Waals surface area contributed by atoms with Crippen molar-refractivity contribution in [3.05, 3.63) is 69.5 Å². The van der Waals surface area contributed by atoms with Crippen molar-refractivity contribution in [3.8, 4) is 11.4 Å².